The van der Waals surface area contributed by atoms with Crippen LogP contribution in [0.2, 0.25) is 10.0 Å². The Kier molecular flexibility index (Phi) is 8.42. The molecule has 4 N–H and O–H groups in total. The SMILES string of the molecule is CC(NC(N)=NCC1CCCC(=O)N1)c1ccc(Cl)cc1Cl.I. The van der Waals surface area contributed by atoms with Gasteiger partial charge in [0.1, 0.15) is 0 Å². The van der Waals surface area contributed by atoms with Crippen LogP contribution in [0, 0.1) is 0 Å². The third-order valence-electron chi connectivity index (χ3n) is 3.60. The molecule has 2 rings (SSSR count). The standard InChI is InChI=1S/C15H20Cl2N4O.HI/c1-9(12-6-5-10(16)7-13(12)17)20-15(18)19-8-11-3-2-4-14(22)21-11;/h5-7,9,11H,2-4,8H2,1H3,(H,21,22)(H3,18,19,20);1H. The number of piperidine rings is 1. The molecular weight excluding hydrogens is 450 g/mol. The molecule has 23 heavy (non-hydrogen) atoms. The Morgan fingerprint density at radius 3 is 2.91 bits per heavy atom. The molecule has 128 valence electrons. The van der Waals surface area contributed by atoms with Gasteiger partial charge in [-0.25, -0.2) is 0 Å². The number of halogens is 3. The zero-order valence-electron chi connectivity index (χ0n) is 12.8. The predicted octanol–water partition coefficient (Wildman–Crippen LogP) is 3.25. The normalized spacial score (nSPS) is 19.5. The van der Waals surface area contributed by atoms with Crippen LogP contribution in [0.15, 0.2) is 23.2 Å². The van der Waals surface area contributed by atoms with Gasteiger partial charge in [-0.1, -0.05) is 29.3 Å². The van der Waals surface area contributed by atoms with Gasteiger partial charge in [0.25, 0.3) is 0 Å². The smallest absolute Gasteiger partial charge is 0.220 e. The Morgan fingerprint density at radius 1 is 1.52 bits per heavy atom. The fourth-order valence-electron chi connectivity index (χ4n) is 2.42. The van der Waals surface area contributed by atoms with E-state index in [0.717, 1.165) is 18.4 Å². The highest BCUT2D eigenvalue weighted by atomic mass is 127. The molecule has 0 radical (unpaired) electrons. The lowest BCUT2D eigenvalue weighted by atomic mass is 10.0. The number of guanidine groups is 1. The highest BCUT2D eigenvalue weighted by molar-refractivity contribution is 14.0. The van der Waals surface area contributed by atoms with Gasteiger partial charge in [0.15, 0.2) is 5.96 Å². The maximum Gasteiger partial charge on any atom is 0.220 e. The van der Waals surface area contributed by atoms with E-state index in [9.17, 15) is 4.79 Å². The van der Waals surface area contributed by atoms with Gasteiger partial charge >= 0.3 is 0 Å². The molecule has 0 aliphatic carbocycles. The fourth-order valence-corrected chi connectivity index (χ4v) is 3.00. The highest BCUT2D eigenvalue weighted by Crippen LogP contribution is 2.25. The minimum atomic E-state index is -0.0885. The summed E-state index contributed by atoms with van der Waals surface area (Å²) in [4.78, 5) is 15.6. The number of hydrogen-bond donors (Lipinski definition) is 3. The number of aliphatic imine (C=N–C) groups is 1. The number of hydrogen-bond acceptors (Lipinski definition) is 2. The first-order valence-corrected chi connectivity index (χ1v) is 8.02. The van der Waals surface area contributed by atoms with E-state index in [1.165, 1.54) is 0 Å². The Hall–Kier alpha value is -0.730. The zero-order valence-corrected chi connectivity index (χ0v) is 16.7. The van der Waals surface area contributed by atoms with Crippen LogP contribution in [-0.2, 0) is 4.79 Å². The van der Waals surface area contributed by atoms with Crippen molar-refractivity contribution in [1.29, 1.82) is 0 Å². The summed E-state index contributed by atoms with van der Waals surface area (Å²) in [6.07, 6.45) is 2.43. The second kappa shape index (κ2) is 9.54. The number of benzene rings is 1. The van der Waals surface area contributed by atoms with Crippen molar-refractivity contribution in [3.63, 3.8) is 0 Å². The van der Waals surface area contributed by atoms with Crippen LogP contribution < -0.4 is 16.4 Å². The van der Waals surface area contributed by atoms with E-state index < -0.39 is 0 Å². The quantitative estimate of drug-likeness (QED) is 0.359. The van der Waals surface area contributed by atoms with Crippen LogP contribution in [0.4, 0.5) is 0 Å². The van der Waals surface area contributed by atoms with Gasteiger partial charge < -0.3 is 16.4 Å². The van der Waals surface area contributed by atoms with Crippen molar-refractivity contribution in [3.05, 3.63) is 33.8 Å². The van der Waals surface area contributed by atoms with Crippen molar-refractivity contribution in [1.82, 2.24) is 10.6 Å². The van der Waals surface area contributed by atoms with E-state index in [4.69, 9.17) is 28.9 Å². The van der Waals surface area contributed by atoms with Crippen LogP contribution in [0.25, 0.3) is 0 Å². The van der Waals surface area contributed by atoms with Crippen LogP contribution >= 0.6 is 47.2 Å². The summed E-state index contributed by atoms with van der Waals surface area (Å²) < 4.78 is 0. The molecule has 8 heteroatoms. The van der Waals surface area contributed by atoms with Crippen molar-refractivity contribution < 1.29 is 4.79 Å². The molecule has 1 amide bonds. The van der Waals surface area contributed by atoms with Gasteiger partial charge in [0, 0.05) is 22.5 Å². The average molecular weight is 471 g/mol. The summed E-state index contributed by atoms with van der Waals surface area (Å²) in [5.74, 6) is 0.414. The number of nitrogens with two attached hydrogens (primary N) is 1. The van der Waals surface area contributed by atoms with E-state index in [-0.39, 0.29) is 42.0 Å². The van der Waals surface area contributed by atoms with Crippen molar-refractivity contribution in [2.45, 2.75) is 38.3 Å². The van der Waals surface area contributed by atoms with Crippen molar-refractivity contribution in [2.24, 2.45) is 10.7 Å². The summed E-state index contributed by atoms with van der Waals surface area (Å²) >= 11 is 12.1. The molecule has 1 saturated heterocycles. The third kappa shape index (κ3) is 6.35. The molecule has 1 aliphatic heterocycles. The molecule has 1 aromatic rings. The lowest BCUT2D eigenvalue weighted by Gasteiger charge is -2.22. The molecule has 1 fully saturated rings. The van der Waals surface area contributed by atoms with Crippen molar-refractivity contribution >= 4 is 59.0 Å². The molecule has 0 bridgehead atoms. The van der Waals surface area contributed by atoms with Crippen LogP contribution in [0.5, 0.6) is 0 Å². The third-order valence-corrected chi connectivity index (χ3v) is 4.16. The summed E-state index contributed by atoms with van der Waals surface area (Å²) in [5.41, 5.74) is 6.80. The first-order chi connectivity index (χ1) is 10.5. The summed E-state index contributed by atoms with van der Waals surface area (Å²) in [5, 5.41) is 7.18. The molecular formula is C15H21Cl2IN4O. The minimum absolute atomic E-state index is 0. The maximum atomic E-state index is 11.3. The Morgan fingerprint density at radius 2 is 2.26 bits per heavy atom. The van der Waals surface area contributed by atoms with E-state index in [0.29, 0.717) is 29.0 Å². The second-order valence-electron chi connectivity index (χ2n) is 5.41. The molecule has 0 spiro atoms. The minimum Gasteiger partial charge on any atom is -0.370 e. The van der Waals surface area contributed by atoms with Gasteiger partial charge in [0.05, 0.1) is 12.6 Å². The second-order valence-corrected chi connectivity index (χ2v) is 6.26. The molecule has 0 aromatic heterocycles. The number of carbonyl (C=O) groups is 1. The average Bonchev–Trinajstić information content (AvgIpc) is 2.45. The van der Waals surface area contributed by atoms with Gasteiger partial charge in [0.2, 0.25) is 5.91 Å². The molecule has 2 unspecified atom stereocenters. The monoisotopic (exact) mass is 470 g/mol. The zero-order chi connectivity index (χ0) is 16.1. The summed E-state index contributed by atoms with van der Waals surface area (Å²) in [7, 11) is 0. The van der Waals surface area contributed by atoms with E-state index in [1.807, 2.05) is 13.0 Å². The lowest BCUT2D eigenvalue weighted by Crippen LogP contribution is -2.42. The van der Waals surface area contributed by atoms with E-state index >= 15 is 0 Å². The molecule has 1 aliphatic rings. The van der Waals surface area contributed by atoms with Crippen LogP contribution in [-0.4, -0.2) is 24.5 Å². The molecule has 2 atom stereocenters. The van der Waals surface area contributed by atoms with Crippen LogP contribution in [0.3, 0.4) is 0 Å². The molecule has 5 nitrogen and oxygen atoms in total. The predicted molar refractivity (Wildman–Crippen MR) is 106 cm³/mol. The maximum absolute atomic E-state index is 11.3. The van der Waals surface area contributed by atoms with Gasteiger partial charge in [-0.3, -0.25) is 9.79 Å². The molecule has 0 saturated carbocycles. The summed E-state index contributed by atoms with van der Waals surface area (Å²) in [6.45, 7) is 2.42. The van der Waals surface area contributed by atoms with Gasteiger partial charge in [-0.05, 0) is 37.5 Å². The van der Waals surface area contributed by atoms with Crippen molar-refractivity contribution in [3.8, 4) is 0 Å². The van der Waals surface area contributed by atoms with Crippen molar-refractivity contribution in [2.75, 3.05) is 6.54 Å². The van der Waals surface area contributed by atoms with Crippen LogP contribution in [0.1, 0.15) is 37.8 Å². The number of rotatable bonds is 4. The molecule has 1 heterocycles. The summed E-state index contributed by atoms with van der Waals surface area (Å²) in [6, 6.07) is 5.31. The number of amides is 1. The fraction of sp³-hybridized carbons (Fsp3) is 0.467. The lowest BCUT2D eigenvalue weighted by molar-refractivity contribution is -0.123. The highest BCUT2D eigenvalue weighted by Gasteiger charge is 2.17. The number of nitrogens with zero attached hydrogens (tertiary/aromatic N) is 1. The largest absolute Gasteiger partial charge is 0.370 e. The van der Waals surface area contributed by atoms with Gasteiger partial charge in [-0.2, -0.15) is 0 Å². The Labute approximate surface area is 163 Å². The topological polar surface area (TPSA) is 79.5 Å². The van der Waals surface area contributed by atoms with E-state index in [2.05, 4.69) is 15.6 Å². The Balaban J connectivity index is 0.00000264. The molecule has 1 aromatic carbocycles. The number of nitrogens with one attached hydrogen (secondary N) is 2. The number of carbonyl (C=O) groups excluding carboxylic acids is 1. The first kappa shape index (κ1) is 20.3. The first-order valence-electron chi connectivity index (χ1n) is 7.26. The Bertz CT molecular complexity index is 583. The van der Waals surface area contributed by atoms with E-state index in [1.54, 1.807) is 12.1 Å². The van der Waals surface area contributed by atoms with Gasteiger partial charge in [-0.15, -0.1) is 24.0 Å².